The Hall–Kier alpha value is -2.74. The zero-order valence-corrected chi connectivity index (χ0v) is 14.2. The molecule has 5 nitrogen and oxygen atoms in total. The van der Waals surface area contributed by atoms with Gasteiger partial charge in [-0.05, 0) is 55.0 Å². The normalized spacial score (nSPS) is 12.2. The number of nitrogens with one attached hydrogen (secondary N) is 1. The third-order valence-corrected chi connectivity index (χ3v) is 3.37. The van der Waals surface area contributed by atoms with Crippen LogP contribution in [0.2, 0.25) is 5.02 Å². The molecule has 0 spiro atoms. The number of anilines is 1. The highest BCUT2D eigenvalue weighted by Crippen LogP contribution is 2.19. The van der Waals surface area contributed by atoms with E-state index >= 15 is 0 Å². The molecule has 138 valence electrons. The molecule has 0 aliphatic rings. The van der Waals surface area contributed by atoms with Gasteiger partial charge in [-0.15, -0.1) is 0 Å². The number of amides is 1. The Kier molecular flexibility index (Phi) is 6.85. The Morgan fingerprint density at radius 1 is 1.23 bits per heavy atom. The van der Waals surface area contributed by atoms with Gasteiger partial charge in [0.15, 0.2) is 0 Å². The molecular formula is C17H14ClF3N2O3. The number of hydrogen-bond donors (Lipinski definition) is 1. The number of carbonyl (C=O) groups is 1. The van der Waals surface area contributed by atoms with Crippen LogP contribution in [0.5, 0.6) is 5.75 Å². The Morgan fingerprint density at radius 2 is 1.92 bits per heavy atom. The van der Waals surface area contributed by atoms with Gasteiger partial charge in [-0.3, -0.25) is 4.79 Å². The second-order valence-corrected chi connectivity index (χ2v) is 5.46. The second kappa shape index (κ2) is 9.10. The van der Waals surface area contributed by atoms with Crippen LogP contribution in [0.3, 0.4) is 0 Å². The van der Waals surface area contributed by atoms with E-state index in [-0.39, 0.29) is 10.8 Å². The fraction of sp³-hybridized carbons (Fsp3) is 0.176. The summed E-state index contributed by atoms with van der Waals surface area (Å²) in [5.41, 5.74) is 0.875. The van der Waals surface area contributed by atoms with Crippen molar-refractivity contribution in [3.63, 3.8) is 0 Å². The lowest BCUT2D eigenvalue weighted by Crippen LogP contribution is -2.26. The molecule has 1 unspecified atom stereocenters. The van der Waals surface area contributed by atoms with Crippen molar-refractivity contribution in [1.29, 1.82) is 0 Å². The van der Waals surface area contributed by atoms with Crippen LogP contribution in [-0.2, 0) is 9.63 Å². The fourth-order valence-corrected chi connectivity index (χ4v) is 1.96. The van der Waals surface area contributed by atoms with E-state index in [9.17, 15) is 18.0 Å². The van der Waals surface area contributed by atoms with Gasteiger partial charge in [0.2, 0.25) is 6.10 Å². The molecule has 1 amide bonds. The smallest absolute Gasteiger partial charge is 0.387 e. The van der Waals surface area contributed by atoms with E-state index in [4.69, 9.17) is 16.4 Å². The second-order valence-electron chi connectivity index (χ2n) is 5.05. The first-order valence-electron chi connectivity index (χ1n) is 7.35. The van der Waals surface area contributed by atoms with E-state index in [0.717, 1.165) is 6.07 Å². The number of nitrogens with zero attached hydrogens (tertiary/aromatic N) is 1. The predicted octanol–water partition coefficient (Wildman–Crippen LogP) is 4.46. The maximum absolute atomic E-state index is 13.1. The predicted molar refractivity (Wildman–Crippen MR) is 91.3 cm³/mol. The van der Waals surface area contributed by atoms with Gasteiger partial charge < -0.3 is 14.9 Å². The van der Waals surface area contributed by atoms with Crippen LogP contribution in [0, 0.1) is 5.82 Å². The molecule has 0 saturated heterocycles. The minimum Gasteiger partial charge on any atom is -0.435 e. The highest BCUT2D eigenvalue weighted by atomic mass is 35.5. The lowest BCUT2D eigenvalue weighted by atomic mass is 10.2. The summed E-state index contributed by atoms with van der Waals surface area (Å²) in [5.74, 6) is -1.09. The average molecular weight is 387 g/mol. The van der Waals surface area contributed by atoms with Gasteiger partial charge in [-0.2, -0.15) is 8.78 Å². The molecule has 0 aliphatic heterocycles. The minimum absolute atomic E-state index is 0.0174. The molecule has 0 fully saturated rings. The molecule has 0 heterocycles. The maximum Gasteiger partial charge on any atom is 0.387 e. The number of hydrogen-bond acceptors (Lipinski definition) is 4. The molecule has 2 aromatic carbocycles. The number of benzene rings is 2. The van der Waals surface area contributed by atoms with Crippen LogP contribution in [-0.4, -0.2) is 24.8 Å². The molecule has 9 heteroatoms. The lowest BCUT2D eigenvalue weighted by Gasteiger charge is -2.10. The summed E-state index contributed by atoms with van der Waals surface area (Å²) in [5, 5.41) is 6.06. The monoisotopic (exact) mass is 386 g/mol. The van der Waals surface area contributed by atoms with Gasteiger partial charge in [0, 0.05) is 5.69 Å². The van der Waals surface area contributed by atoms with Crippen molar-refractivity contribution in [2.45, 2.75) is 19.6 Å². The highest BCUT2D eigenvalue weighted by Gasteiger charge is 2.14. The standard InChI is InChI=1S/C17H14ClF3N2O3/c1-10(16(24)23-12-4-7-15(19)14(18)8-12)26-22-9-11-2-5-13(6-3-11)25-17(20)21/h2-10,17H,1H3,(H,23,24)/b22-9+. The van der Waals surface area contributed by atoms with E-state index in [1.54, 1.807) is 0 Å². The Bertz CT molecular complexity index is 785. The van der Waals surface area contributed by atoms with Gasteiger partial charge >= 0.3 is 6.61 Å². The summed E-state index contributed by atoms with van der Waals surface area (Å²) in [4.78, 5) is 17.0. The van der Waals surface area contributed by atoms with Crippen LogP contribution in [0.25, 0.3) is 0 Å². The SMILES string of the molecule is CC(O/N=C/c1ccc(OC(F)F)cc1)C(=O)Nc1ccc(F)c(Cl)c1. The van der Waals surface area contributed by atoms with Crippen molar-refractivity contribution >= 4 is 29.4 Å². The zero-order chi connectivity index (χ0) is 19.1. The molecule has 0 aliphatic carbocycles. The lowest BCUT2D eigenvalue weighted by molar-refractivity contribution is -0.126. The van der Waals surface area contributed by atoms with E-state index in [1.165, 1.54) is 49.5 Å². The topological polar surface area (TPSA) is 59.9 Å². The van der Waals surface area contributed by atoms with Crippen molar-refractivity contribution in [3.8, 4) is 5.75 Å². The van der Waals surface area contributed by atoms with Gasteiger partial charge in [-0.25, -0.2) is 4.39 Å². The average Bonchev–Trinajstić information content (AvgIpc) is 2.59. The quantitative estimate of drug-likeness (QED) is 0.564. The number of carbonyl (C=O) groups excluding carboxylic acids is 1. The first-order valence-corrected chi connectivity index (χ1v) is 7.73. The number of halogens is 4. The molecule has 1 atom stereocenters. The summed E-state index contributed by atoms with van der Waals surface area (Å²) >= 11 is 5.64. The third-order valence-electron chi connectivity index (χ3n) is 3.08. The first-order chi connectivity index (χ1) is 12.3. The van der Waals surface area contributed by atoms with Crippen molar-refractivity contribution in [2.24, 2.45) is 5.16 Å². The van der Waals surface area contributed by atoms with Crippen molar-refractivity contribution in [2.75, 3.05) is 5.32 Å². The largest absolute Gasteiger partial charge is 0.435 e. The van der Waals surface area contributed by atoms with E-state index in [2.05, 4.69) is 15.2 Å². The first kappa shape index (κ1) is 19.6. The molecule has 2 rings (SSSR count). The van der Waals surface area contributed by atoms with E-state index in [1.807, 2.05) is 0 Å². The van der Waals surface area contributed by atoms with Crippen molar-refractivity contribution < 1.29 is 27.5 Å². The number of ether oxygens (including phenoxy) is 1. The molecule has 0 aromatic heterocycles. The molecule has 0 radical (unpaired) electrons. The summed E-state index contributed by atoms with van der Waals surface area (Å²) in [6.45, 7) is -1.43. The molecular weight excluding hydrogens is 373 g/mol. The van der Waals surface area contributed by atoms with Crippen LogP contribution in [0.1, 0.15) is 12.5 Å². The summed E-state index contributed by atoms with van der Waals surface area (Å²) in [6, 6.07) is 9.45. The van der Waals surface area contributed by atoms with E-state index < -0.39 is 24.4 Å². The zero-order valence-electron chi connectivity index (χ0n) is 13.5. The number of alkyl halides is 2. The number of oxime groups is 1. The summed E-state index contributed by atoms with van der Waals surface area (Å²) < 4.78 is 41.4. The van der Waals surface area contributed by atoms with Crippen molar-refractivity contribution in [3.05, 3.63) is 58.9 Å². The Morgan fingerprint density at radius 3 is 2.54 bits per heavy atom. The molecule has 0 saturated carbocycles. The van der Waals surface area contributed by atoms with Crippen LogP contribution in [0.4, 0.5) is 18.9 Å². The third kappa shape index (κ3) is 5.96. The summed E-state index contributed by atoms with van der Waals surface area (Å²) in [6.07, 6.45) is 0.376. The number of rotatable bonds is 7. The van der Waals surface area contributed by atoms with Gasteiger partial charge in [0.05, 0.1) is 11.2 Å². The maximum atomic E-state index is 13.1. The summed E-state index contributed by atoms with van der Waals surface area (Å²) in [7, 11) is 0. The minimum atomic E-state index is -2.90. The highest BCUT2D eigenvalue weighted by molar-refractivity contribution is 6.31. The van der Waals surface area contributed by atoms with Crippen LogP contribution >= 0.6 is 11.6 Å². The Labute approximate surface area is 152 Å². The van der Waals surface area contributed by atoms with E-state index in [0.29, 0.717) is 11.3 Å². The fourth-order valence-electron chi connectivity index (χ4n) is 1.78. The molecule has 26 heavy (non-hydrogen) atoms. The van der Waals surface area contributed by atoms with Crippen LogP contribution in [0.15, 0.2) is 47.6 Å². The molecule has 1 N–H and O–H groups in total. The van der Waals surface area contributed by atoms with Gasteiger partial charge in [-0.1, -0.05) is 16.8 Å². The molecule has 0 bridgehead atoms. The van der Waals surface area contributed by atoms with Gasteiger partial charge in [0.25, 0.3) is 5.91 Å². The van der Waals surface area contributed by atoms with Crippen LogP contribution < -0.4 is 10.1 Å². The van der Waals surface area contributed by atoms with Gasteiger partial charge in [0.1, 0.15) is 11.6 Å². The van der Waals surface area contributed by atoms with Crippen molar-refractivity contribution in [1.82, 2.24) is 0 Å². The Balaban J connectivity index is 1.86. The molecule has 2 aromatic rings.